The molecular formula is C13H14FN3O2S. The molecule has 2 aromatic rings. The summed E-state index contributed by atoms with van der Waals surface area (Å²) in [6.45, 7) is 3.38. The second-order valence-electron chi connectivity index (χ2n) is 4.50. The molecule has 0 fully saturated rings. The van der Waals surface area contributed by atoms with Gasteiger partial charge in [0.2, 0.25) is 0 Å². The lowest BCUT2D eigenvalue weighted by molar-refractivity contribution is 0.570. The SMILES string of the molecule is Cc1cncc(NS(=O)(=O)c2cc(N)c(C)cc2F)c1. The van der Waals surface area contributed by atoms with Crippen molar-refractivity contribution in [3.63, 3.8) is 0 Å². The summed E-state index contributed by atoms with van der Waals surface area (Å²) in [4.78, 5) is 3.39. The first kappa shape index (κ1) is 14.3. The second kappa shape index (κ2) is 5.09. The molecule has 1 heterocycles. The van der Waals surface area contributed by atoms with E-state index in [4.69, 9.17) is 5.73 Å². The maximum Gasteiger partial charge on any atom is 0.264 e. The number of benzene rings is 1. The molecule has 3 N–H and O–H groups in total. The summed E-state index contributed by atoms with van der Waals surface area (Å²) in [6, 6.07) is 3.80. The van der Waals surface area contributed by atoms with Gasteiger partial charge in [-0.25, -0.2) is 12.8 Å². The summed E-state index contributed by atoms with van der Waals surface area (Å²) in [7, 11) is -4.05. The predicted octanol–water partition coefficient (Wildman–Crippen LogP) is 2.22. The molecule has 106 valence electrons. The summed E-state index contributed by atoms with van der Waals surface area (Å²) in [5, 5.41) is 0. The molecule has 7 heteroatoms. The monoisotopic (exact) mass is 295 g/mol. The number of anilines is 2. The number of pyridine rings is 1. The van der Waals surface area contributed by atoms with E-state index in [1.807, 2.05) is 0 Å². The van der Waals surface area contributed by atoms with E-state index in [9.17, 15) is 12.8 Å². The molecule has 0 spiro atoms. The van der Waals surface area contributed by atoms with Crippen LogP contribution in [0.25, 0.3) is 0 Å². The lowest BCUT2D eigenvalue weighted by atomic mass is 10.2. The highest BCUT2D eigenvalue weighted by atomic mass is 32.2. The number of nitrogens with zero attached hydrogens (tertiary/aromatic N) is 1. The molecule has 0 bridgehead atoms. The van der Waals surface area contributed by atoms with Gasteiger partial charge >= 0.3 is 0 Å². The molecule has 0 radical (unpaired) electrons. The molecule has 2 rings (SSSR count). The molecule has 0 saturated carbocycles. The topological polar surface area (TPSA) is 85.1 Å². The Bertz CT molecular complexity index is 760. The van der Waals surface area contributed by atoms with Gasteiger partial charge in [0.1, 0.15) is 10.7 Å². The molecule has 0 atom stereocenters. The first-order valence-electron chi connectivity index (χ1n) is 5.80. The van der Waals surface area contributed by atoms with Crippen LogP contribution in [0.4, 0.5) is 15.8 Å². The highest BCUT2D eigenvalue weighted by Gasteiger charge is 2.20. The van der Waals surface area contributed by atoms with Gasteiger partial charge in [0.25, 0.3) is 10.0 Å². The quantitative estimate of drug-likeness (QED) is 0.850. The smallest absolute Gasteiger partial charge is 0.264 e. The normalized spacial score (nSPS) is 11.3. The Morgan fingerprint density at radius 2 is 1.90 bits per heavy atom. The van der Waals surface area contributed by atoms with Crippen molar-refractivity contribution in [3.8, 4) is 0 Å². The Labute approximate surface area is 116 Å². The summed E-state index contributed by atoms with van der Waals surface area (Å²) in [6.07, 6.45) is 2.93. The zero-order valence-electron chi connectivity index (χ0n) is 11.0. The fourth-order valence-electron chi connectivity index (χ4n) is 1.70. The molecule has 0 aliphatic carbocycles. The summed E-state index contributed by atoms with van der Waals surface area (Å²) < 4.78 is 40.4. The zero-order chi connectivity index (χ0) is 14.9. The minimum absolute atomic E-state index is 0.217. The van der Waals surface area contributed by atoms with Gasteiger partial charge in [0, 0.05) is 11.9 Å². The first-order chi connectivity index (χ1) is 9.29. The van der Waals surface area contributed by atoms with Crippen molar-refractivity contribution in [3.05, 3.63) is 47.5 Å². The lowest BCUT2D eigenvalue weighted by Gasteiger charge is -2.10. The van der Waals surface area contributed by atoms with Crippen molar-refractivity contribution in [2.45, 2.75) is 18.7 Å². The van der Waals surface area contributed by atoms with Crippen LogP contribution in [0.1, 0.15) is 11.1 Å². The number of hydrogen-bond donors (Lipinski definition) is 2. The van der Waals surface area contributed by atoms with E-state index < -0.39 is 20.7 Å². The van der Waals surface area contributed by atoms with Crippen LogP contribution in [0.5, 0.6) is 0 Å². The summed E-state index contributed by atoms with van der Waals surface area (Å²) in [5.74, 6) is -0.843. The van der Waals surface area contributed by atoms with E-state index >= 15 is 0 Å². The van der Waals surface area contributed by atoms with Crippen molar-refractivity contribution in [1.82, 2.24) is 4.98 Å². The average Bonchev–Trinajstić information content (AvgIpc) is 2.33. The van der Waals surface area contributed by atoms with E-state index in [1.54, 1.807) is 26.1 Å². The molecule has 0 saturated heterocycles. The van der Waals surface area contributed by atoms with Gasteiger partial charge in [-0.15, -0.1) is 0 Å². The number of hydrogen-bond acceptors (Lipinski definition) is 4. The molecule has 0 aliphatic heterocycles. The van der Waals surface area contributed by atoms with Crippen LogP contribution >= 0.6 is 0 Å². The van der Waals surface area contributed by atoms with Gasteiger partial charge in [-0.3, -0.25) is 9.71 Å². The Hall–Kier alpha value is -2.15. The van der Waals surface area contributed by atoms with Crippen LogP contribution in [0.2, 0.25) is 0 Å². The van der Waals surface area contributed by atoms with Crippen LogP contribution in [-0.4, -0.2) is 13.4 Å². The van der Waals surface area contributed by atoms with E-state index in [0.29, 0.717) is 5.56 Å². The number of rotatable bonds is 3. The fourth-order valence-corrected chi connectivity index (χ4v) is 2.83. The molecule has 0 unspecified atom stereocenters. The largest absolute Gasteiger partial charge is 0.398 e. The minimum Gasteiger partial charge on any atom is -0.398 e. The number of aromatic nitrogens is 1. The number of halogens is 1. The van der Waals surface area contributed by atoms with Gasteiger partial charge < -0.3 is 5.73 Å². The molecule has 1 aromatic carbocycles. The van der Waals surface area contributed by atoms with Gasteiger partial charge in [0.15, 0.2) is 0 Å². The Morgan fingerprint density at radius 1 is 1.20 bits per heavy atom. The Morgan fingerprint density at radius 3 is 2.55 bits per heavy atom. The molecular weight excluding hydrogens is 281 g/mol. The zero-order valence-corrected chi connectivity index (χ0v) is 11.8. The Kier molecular flexibility index (Phi) is 3.63. The van der Waals surface area contributed by atoms with Crippen molar-refractivity contribution in [2.24, 2.45) is 0 Å². The third kappa shape index (κ3) is 2.88. The minimum atomic E-state index is -4.05. The van der Waals surface area contributed by atoms with Crippen LogP contribution in [-0.2, 0) is 10.0 Å². The maximum atomic E-state index is 13.8. The molecule has 0 amide bonds. The van der Waals surface area contributed by atoms with Crippen LogP contribution in [0.3, 0.4) is 0 Å². The van der Waals surface area contributed by atoms with Gasteiger partial charge in [0.05, 0.1) is 11.9 Å². The number of nitrogen functional groups attached to an aromatic ring is 1. The van der Waals surface area contributed by atoms with E-state index in [0.717, 1.165) is 17.7 Å². The van der Waals surface area contributed by atoms with E-state index in [2.05, 4.69) is 9.71 Å². The van der Waals surface area contributed by atoms with Crippen LogP contribution < -0.4 is 10.5 Å². The van der Waals surface area contributed by atoms with Gasteiger partial charge in [-0.2, -0.15) is 0 Å². The molecule has 0 aliphatic rings. The standard InChI is InChI=1S/C13H14FN3O2S/c1-8-3-10(7-16-6-8)17-20(18,19)13-5-12(15)9(2)4-11(13)14/h3-7,17H,15H2,1-2H3. The van der Waals surface area contributed by atoms with Crippen molar-refractivity contribution in [2.75, 3.05) is 10.5 Å². The van der Waals surface area contributed by atoms with Crippen molar-refractivity contribution in [1.29, 1.82) is 0 Å². The van der Waals surface area contributed by atoms with Gasteiger partial charge in [-0.05, 0) is 43.2 Å². The lowest BCUT2D eigenvalue weighted by Crippen LogP contribution is -2.15. The summed E-state index contributed by atoms with van der Waals surface area (Å²) in [5.41, 5.74) is 7.39. The van der Waals surface area contributed by atoms with Crippen LogP contribution in [0, 0.1) is 19.7 Å². The average molecular weight is 295 g/mol. The first-order valence-corrected chi connectivity index (χ1v) is 7.28. The van der Waals surface area contributed by atoms with Gasteiger partial charge in [-0.1, -0.05) is 0 Å². The van der Waals surface area contributed by atoms with E-state index in [-0.39, 0.29) is 11.4 Å². The van der Waals surface area contributed by atoms with Crippen LogP contribution in [0.15, 0.2) is 35.5 Å². The number of nitrogens with two attached hydrogens (primary N) is 1. The maximum absolute atomic E-state index is 13.8. The van der Waals surface area contributed by atoms with Crippen molar-refractivity contribution < 1.29 is 12.8 Å². The molecule has 20 heavy (non-hydrogen) atoms. The molecule has 1 aromatic heterocycles. The molecule has 5 nitrogen and oxygen atoms in total. The Balaban J connectivity index is 2.43. The fraction of sp³-hybridized carbons (Fsp3) is 0.154. The summed E-state index contributed by atoms with van der Waals surface area (Å²) >= 11 is 0. The van der Waals surface area contributed by atoms with E-state index in [1.165, 1.54) is 6.20 Å². The number of nitrogens with one attached hydrogen (secondary N) is 1. The van der Waals surface area contributed by atoms with Crippen molar-refractivity contribution >= 4 is 21.4 Å². The third-order valence-electron chi connectivity index (χ3n) is 2.74. The third-order valence-corrected chi connectivity index (χ3v) is 4.13. The highest BCUT2D eigenvalue weighted by molar-refractivity contribution is 7.92. The predicted molar refractivity (Wildman–Crippen MR) is 75.3 cm³/mol. The second-order valence-corrected chi connectivity index (χ2v) is 6.15. The number of aryl methyl sites for hydroxylation is 2. The highest BCUT2D eigenvalue weighted by Crippen LogP contribution is 2.23. The number of sulfonamides is 1.